The van der Waals surface area contributed by atoms with Gasteiger partial charge in [0.1, 0.15) is 6.10 Å². The van der Waals surface area contributed by atoms with Gasteiger partial charge in [-0.2, -0.15) is 0 Å². The maximum absolute atomic E-state index is 12.7. The SMILES string of the molecule is CCCCCCCCC(CCCCCCCC)OC(=O)CCCCCN(CCO)CCCCCC(=O)OCCCCCCCCCCC(C)C. The van der Waals surface area contributed by atoms with Gasteiger partial charge in [-0.3, -0.25) is 9.59 Å². The minimum Gasteiger partial charge on any atom is -0.466 e. The Balaban J connectivity index is 4.00. The van der Waals surface area contributed by atoms with E-state index in [1.165, 1.54) is 122 Å². The molecule has 0 spiro atoms. The Hall–Kier alpha value is -1.14. The summed E-state index contributed by atoms with van der Waals surface area (Å²) in [5.41, 5.74) is 0. The second kappa shape index (κ2) is 39.1. The molecule has 0 aromatic heterocycles. The molecule has 0 aliphatic carbocycles. The average Bonchev–Trinajstić information content (AvgIpc) is 3.09. The van der Waals surface area contributed by atoms with Crippen molar-refractivity contribution in [2.75, 3.05) is 32.8 Å². The molecule has 6 heteroatoms. The largest absolute Gasteiger partial charge is 0.466 e. The Labute approximate surface area is 312 Å². The van der Waals surface area contributed by atoms with E-state index in [0.29, 0.717) is 26.0 Å². The maximum Gasteiger partial charge on any atom is 0.306 e. The minimum absolute atomic E-state index is 0.0176. The molecule has 0 aliphatic rings. The van der Waals surface area contributed by atoms with Gasteiger partial charge in [-0.25, -0.2) is 0 Å². The number of rotatable bonds is 40. The average molecular weight is 710 g/mol. The Bertz CT molecular complexity index is 699. The fourth-order valence-corrected chi connectivity index (χ4v) is 6.83. The van der Waals surface area contributed by atoms with Gasteiger partial charge in [0, 0.05) is 19.4 Å². The summed E-state index contributed by atoms with van der Waals surface area (Å²) in [5, 5.41) is 9.55. The van der Waals surface area contributed by atoms with Crippen molar-refractivity contribution in [2.24, 2.45) is 5.92 Å². The summed E-state index contributed by atoms with van der Waals surface area (Å²) in [5.74, 6) is 0.752. The van der Waals surface area contributed by atoms with Crippen molar-refractivity contribution in [3.8, 4) is 0 Å². The Morgan fingerprint density at radius 1 is 0.500 bits per heavy atom. The smallest absolute Gasteiger partial charge is 0.306 e. The molecule has 298 valence electrons. The molecule has 6 nitrogen and oxygen atoms in total. The number of aliphatic hydroxyl groups excluding tert-OH is 1. The van der Waals surface area contributed by atoms with E-state index < -0.39 is 0 Å². The van der Waals surface area contributed by atoms with Gasteiger partial charge in [0.2, 0.25) is 0 Å². The molecule has 0 rings (SSSR count). The highest BCUT2D eigenvalue weighted by atomic mass is 16.5. The van der Waals surface area contributed by atoms with Crippen LogP contribution < -0.4 is 0 Å². The predicted molar refractivity (Wildman–Crippen MR) is 214 cm³/mol. The normalized spacial score (nSPS) is 11.7. The zero-order valence-electron chi connectivity index (χ0n) is 34.1. The van der Waals surface area contributed by atoms with Crippen LogP contribution in [-0.2, 0) is 19.1 Å². The first kappa shape index (κ1) is 48.9. The lowest BCUT2D eigenvalue weighted by atomic mass is 10.0. The maximum atomic E-state index is 12.7. The molecule has 0 amide bonds. The molecule has 0 saturated heterocycles. The third kappa shape index (κ3) is 36.6. The fraction of sp³-hybridized carbons (Fsp3) is 0.955. The fourth-order valence-electron chi connectivity index (χ4n) is 6.83. The highest BCUT2D eigenvalue weighted by Crippen LogP contribution is 2.18. The van der Waals surface area contributed by atoms with Gasteiger partial charge in [-0.15, -0.1) is 0 Å². The quantitative estimate of drug-likeness (QED) is 0.0504. The summed E-state index contributed by atoms with van der Waals surface area (Å²) in [6, 6.07) is 0. The molecule has 50 heavy (non-hydrogen) atoms. The van der Waals surface area contributed by atoms with Gasteiger partial charge in [-0.1, -0.05) is 156 Å². The first-order valence-electron chi connectivity index (χ1n) is 22.1. The van der Waals surface area contributed by atoms with Gasteiger partial charge in [0.05, 0.1) is 13.2 Å². The van der Waals surface area contributed by atoms with Crippen molar-refractivity contribution in [3.63, 3.8) is 0 Å². The van der Waals surface area contributed by atoms with Gasteiger partial charge < -0.3 is 19.5 Å². The summed E-state index contributed by atoms with van der Waals surface area (Å²) in [7, 11) is 0. The summed E-state index contributed by atoms with van der Waals surface area (Å²) < 4.78 is 11.5. The Morgan fingerprint density at radius 2 is 0.920 bits per heavy atom. The van der Waals surface area contributed by atoms with E-state index in [2.05, 4.69) is 32.6 Å². The van der Waals surface area contributed by atoms with Crippen LogP contribution in [0.4, 0.5) is 0 Å². The van der Waals surface area contributed by atoms with E-state index in [-0.39, 0.29) is 24.6 Å². The Kier molecular flexibility index (Phi) is 38.2. The lowest BCUT2D eigenvalue weighted by Crippen LogP contribution is -2.29. The van der Waals surface area contributed by atoms with Crippen molar-refractivity contribution < 1.29 is 24.2 Å². The zero-order chi connectivity index (χ0) is 36.8. The third-order valence-electron chi connectivity index (χ3n) is 10.1. The van der Waals surface area contributed by atoms with Crippen LogP contribution in [0.25, 0.3) is 0 Å². The molecule has 0 saturated carbocycles. The van der Waals surface area contributed by atoms with Crippen molar-refractivity contribution in [1.29, 1.82) is 0 Å². The summed E-state index contributed by atoms with van der Waals surface area (Å²) in [6.07, 6.45) is 35.7. The van der Waals surface area contributed by atoms with E-state index in [0.717, 1.165) is 83.2 Å². The van der Waals surface area contributed by atoms with Crippen LogP contribution >= 0.6 is 0 Å². The first-order chi connectivity index (χ1) is 24.4. The van der Waals surface area contributed by atoms with Crippen LogP contribution in [0.2, 0.25) is 0 Å². The summed E-state index contributed by atoms with van der Waals surface area (Å²) in [6.45, 7) is 12.4. The molecule has 0 aromatic rings. The van der Waals surface area contributed by atoms with E-state index >= 15 is 0 Å². The topological polar surface area (TPSA) is 76.1 Å². The summed E-state index contributed by atoms with van der Waals surface area (Å²) >= 11 is 0. The van der Waals surface area contributed by atoms with E-state index in [1.807, 2.05) is 0 Å². The number of ether oxygens (including phenoxy) is 2. The zero-order valence-corrected chi connectivity index (χ0v) is 34.1. The van der Waals surface area contributed by atoms with Crippen LogP contribution in [0.15, 0.2) is 0 Å². The molecular formula is C44H87NO5. The number of nitrogens with zero attached hydrogens (tertiary/aromatic N) is 1. The van der Waals surface area contributed by atoms with Gasteiger partial charge in [-0.05, 0) is 76.8 Å². The van der Waals surface area contributed by atoms with Crippen molar-refractivity contribution in [1.82, 2.24) is 4.90 Å². The number of esters is 2. The number of unbranched alkanes of at least 4 members (excludes halogenated alkanes) is 21. The summed E-state index contributed by atoms with van der Waals surface area (Å²) in [4.78, 5) is 27.2. The third-order valence-corrected chi connectivity index (χ3v) is 10.1. The first-order valence-corrected chi connectivity index (χ1v) is 22.1. The number of hydrogen-bond donors (Lipinski definition) is 1. The van der Waals surface area contributed by atoms with E-state index in [1.54, 1.807) is 0 Å². The lowest BCUT2D eigenvalue weighted by Gasteiger charge is -2.21. The molecule has 0 aliphatic heterocycles. The van der Waals surface area contributed by atoms with Crippen LogP contribution in [0, 0.1) is 5.92 Å². The highest BCUT2D eigenvalue weighted by molar-refractivity contribution is 5.69. The molecule has 0 unspecified atom stereocenters. The van der Waals surface area contributed by atoms with E-state index in [4.69, 9.17) is 9.47 Å². The van der Waals surface area contributed by atoms with Crippen molar-refractivity contribution in [2.45, 2.75) is 233 Å². The van der Waals surface area contributed by atoms with Crippen LogP contribution in [0.5, 0.6) is 0 Å². The molecule has 0 heterocycles. The van der Waals surface area contributed by atoms with Crippen molar-refractivity contribution in [3.05, 3.63) is 0 Å². The highest BCUT2D eigenvalue weighted by Gasteiger charge is 2.14. The molecule has 0 fully saturated rings. The van der Waals surface area contributed by atoms with Crippen molar-refractivity contribution >= 4 is 11.9 Å². The molecular weight excluding hydrogens is 622 g/mol. The van der Waals surface area contributed by atoms with Crippen LogP contribution in [0.1, 0.15) is 227 Å². The molecule has 0 bridgehead atoms. The molecule has 1 N–H and O–H groups in total. The predicted octanol–water partition coefficient (Wildman–Crippen LogP) is 12.5. The lowest BCUT2D eigenvalue weighted by molar-refractivity contribution is -0.150. The number of aliphatic hydroxyl groups is 1. The monoisotopic (exact) mass is 710 g/mol. The minimum atomic E-state index is -0.0583. The van der Waals surface area contributed by atoms with Crippen LogP contribution in [-0.4, -0.2) is 60.9 Å². The van der Waals surface area contributed by atoms with Gasteiger partial charge in [0.15, 0.2) is 0 Å². The standard InChI is InChI=1S/C44H87NO5/c1-5-7-9-11-18-24-32-42(33-25-19-12-10-8-6-2)50-44(48)35-27-22-29-37-45(38-39-46)36-28-21-26-34-43(47)49-40-30-20-16-14-13-15-17-23-31-41(3)4/h41-42,46H,5-40H2,1-4H3. The molecule has 0 aromatic carbocycles. The molecule has 0 atom stereocenters. The number of carbonyl (C=O) groups is 2. The van der Waals surface area contributed by atoms with Crippen LogP contribution in [0.3, 0.4) is 0 Å². The Morgan fingerprint density at radius 3 is 1.40 bits per heavy atom. The number of hydrogen-bond acceptors (Lipinski definition) is 6. The van der Waals surface area contributed by atoms with E-state index in [9.17, 15) is 14.7 Å². The van der Waals surface area contributed by atoms with Gasteiger partial charge >= 0.3 is 11.9 Å². The number of carbonyl (C=O) groups excluding carboxylic acids is 2. The molecule has 0 radical (unpaired) electrons. The second-order valence-corrected chi connectivity index (χ2v) is 15.6. The second-order valence-electron chi connectivity index (χ2n) is 15.6. The van der Waals surface area contributed by atoms with Gasteiger partial charge in [0.25, 0.3) is 0 Å².